The van der Waals surface area contributed by atoms with Crippen LogP contribution in [-0.2, 0) is 14.0 Å². The lowest BCUT2D eigenvalue weighted by molar-refractivity contribution is -0.0210. The van der Waals surface area contributed by atoms with Crippen LogP contribution in [-0.4, -0.2) is 20.5 Å². The Bertz CT molecular complexity index is 607. The SMILES string of the molecule is COCOCC(C)=CP(=O)(c1ccccc1)c1ccccc1. The molecule has 0 aliphatic heterocycles. The van der Waals surface area contributed by atoms with Gasteiger partial charge in [0.25, 0.3) is 0 Å². The molecule has 0 aromatic heterocycles. The van der Waals surface area contributed by atoms with Gasteiger partial charge in [0.15, 0.2) is 7.14 Å². The monoisotopic (exact) mass is 316 g/mol. The van der Waals surface area contributed by atoms with Crippen molar-refractivity contribution in [3.63, 3.8) is 0 Å². The molecular formula is C18H21O3P. The van der Waals surface area contributed by atoms with Crippen LogP contribution in [0.3, 0.4) is 0 Å². The van der Waals surface area contributed by atoms with Crippen LogP contribution in [0.15, 0.2) is 72.1 Å². The molecule has 4 heteroatoms. The van der Waals surface area contributed by atoms with E-state index in [0.29, 0.717) is 6.61 Å². The number of hydrogen-bond donors (Lipinski definition) is 0. The van der Waals surface area contributed by atoms with Gasteiger partial charge in [0, 0.05) is 17.7 Å². The molecule has 0 heterocycles. The van der Waals surface area contributed by atoms with E-state index in [4.69, 9.17) is 9.47 Å². The topological polar surface area (TPSA) is 35.5 Å². The van der Waals surface area contributed by atoms with Gasteiger partial charge in [-0.15, -0.1) is 0 Å². The molecule has 0 bridgehead atoms. The maximum absolute atomic E-state index is 13.7. The molecule has 0 saturated carbocycles. The average Bonchev–Trinajstić information content (AvgIpc) is 2.56. The Morgan fingerprint density at radius 1 is 1.00 bits per heavy atom. The van der Waals surface area contributed by atoms with Gasteiger partial charge < -0.3 is 14.0 Å². The Morgan fingerprint density at radius 2 is 1.50 bits per heavy atom. The summed E-state index contributed by atoms with van der Waals surface area (Å²) < 4.78 is 23.9. The van der Waals surface area contributed by atoms with E-state index in [1.54, 1.807) is 7.11 Å². The molecule has 0 amide bonds. The average molecular weight is 316 g/mol. The molecule has 2 aromatic rings. The van der Waals surface area contributed by atoms with Crippen molar-refractivity contribution in [1.29, 1.82) is 0 Å². The molecule has 2 rings (SSSR count). The zero-order valence-corrected chi connectivity index (χ0v) is 13.8. The minimum Gasteiger partial charge on any atom is -0.359 e. The third-order valence-corrected chi connectivity index (χ3v) is 6.15. The fraction of sp³-hybridized carbons (Fsp3) is 0.222. The van der Waals surface area contributed by atoms with Gasteiger partial charge in [-0.2, -0.15) is 0 Å². The first kappa shape index (κ1) is 16.7. The highest BCUT2D eigenvalue weighted by Gasteiger charge is 2.24. The van der Waals surface area contributed by atoms with Crippen molar-refractivity contribution in [2.24, 2.45) is 0 Å². The maximum Gasteiger partial charge on any atom is 0.164 e. The van der Waals surface area contributed by atoms with Crippen molar-refractivity contribution in [2.75, 3.05) is 20.5 Å². The van der Waals surface area contributed by atoms with Crippen LogP contribution in [0.4, 0.5) is 0 Å². The molecular weight excluding hydrogens is 295 g/mol. The van der Waals surface area contributed by atoms with E-state index in [2.05, 4.69) is 0 Å². The van der Waals surface area contributed by atoms with E-state index in [1.165, 1.54) is 0 Å². The first-order chi connectivity index (χ1) is 10.7. The van der Waals surface area contributed by atoms with E-state index in [0.717, 1.165) is 16.2 Å². The molecule has 22 heavy (non-hydrogen) atoms. The lowest BCUT2D eigenvalue weighted by Crippen LogP contribution is -2.14. The Balaban J connectivity index is 2.39. The van der Waals surface area contributed by atoms with Gasteiger partial charge in [-0.25, -0.2) is 0 Å². The van der Waals surface area contributed by atoms with Crippen molar-refractivity contribution in [2.45, 2.75) is 6.92 Å². The summed E-state index contributed by atoms with van der Waals surface area (Å²) in [6, 6.07) is 19.1. The number of methoxy groups -OCH3 is 1. The van der Waals surface area contributed by atoms with Crippen LogP contribution in [0.1, 0.15) is 6.92 Å². The van der Waals surface area contributed by atoms with Gasteiger partial charge in [0.2, 0.25) is 0 Å². The summed E-state index contributed by atoms with van der Waals surface area (Å²) in [6.45, 7) is 2.55. The van der Waals surface area contributed by atoms with Crippen molar-refractivity contribution >= 4 is 17.8 Å². The van der Waals surface area contributed by atoms with Crippen molar-refractivity contribution in [3.8, 4) is 0 Å². The Morgan fingerprint density at radius 3 is 1.95 bits per heavy atom. The number of ether oxygens (including phenoxy) is 2. The summed E-state index contributed by atoms with van der Waals surface area (Å²) in [4.78, 5) is 0. The Hall–Kier alpha value is -1.67. The third kappa shape index (κ3) is 4.17. The predicted octanol–water partition coefficient (Wildman–Crippen LogP) is 3.52. The number of benzene rings is 2. The molecule has 0 saturated heterocycles. The second-order valence-electron chi connectivity index (χ2n) is 5.06. The summed E-state index contributed by atoms with van der Waals surface area (Å²) in [7, 11) is -1.23. The van der Waals surface area contributed by atoms with Gasteiger partial charge in [-0.3, -0.25) is 0 Å². The molecule has 0 unspecified atom stereocenters. The molecule has 0 aliphatic rings. The quantitative estimate of drug-likeness (QED) is 0.445. The standard InChI is InChI=1S/C18H21O3P/c1-16(13-21-15-20-2)14-22(19,17-9-5-3-6-10-17)18-11-7-4-8-12-18/h3-12,14H,13,15H2,1-2H3. The van der Waals surface area contributed by atoms with E-state index in [1.807, 2.05) is 73.4 Å². The van der Waals surface area contributed by atoms with Crippen LogP contribution >= 0.6 is 7.14 Å². The molecule has 0 N–H and O–H groups in total. The van der Waals surface area contributed by atoms with E-state index in [9.17, 15) is 4.57 Å². The summed E-state index contributed by atoms with van der Waals surface area (Å²) in [5, 5.41) is 1.65. The summed E-state index contributed by atoms with van der Waals surface area (Å²) in [6.07, 6.45) is 0. The lowest BCUT2D eigenvalue weighted by atomic mass is 10.4. The van der Waals surface area contributed by atoms with Gasteiger partial charge in [-0.1, -0.05) is 60.7 Å². The Labute approximate surface area is 132 Å². The fourth-order valence-corrected chi connectivity index (χ4v) is 4.75. The third-order valence-electron chi connectivity index (χ3n) is 3.21. The Kier molecular flexibility index (Phi) is 6.14. The van der Waals surface area contributed by atoms with Crippen molar-refractivity contribution in [1.82, 2.24) is 0 Å². The van der Waals surface area contributed by atoms with Crippen LogP contribution in [0.2, 0.25) is 0 Å². The number of hydrogen-bond acceptors (Lipinski definition) is 3. The maximum atomic E-state index is 13.7. The molecule has 0 atom stereocenters. The first-order valence-electron chi connectivity index (χ1n) is 7.13. The van der Waals surface area contributed by atoms with Crippen molar-refractivity contribution in [3.05, 3.63) is 72.1 Å². The zero-order valence-electron chi connectivity index (χ0n) is 12.9. The van der Waals surface area contributed by atoms with Gasteiger partial charge in [-0.05, 0) is 18.3 Å². The van der Waals surface area contributed by atoms with E-state index < -0.39 is 7.14 Å². The molecule has 0 fully saturated rings. The van der Waals surface area contributed by atoms with Gasteiger partial charge in [0.1, 0.15) is 6.79 Å². The highest BCUT2D eigenvalue weighted by Crippen LogP contribution is 2.45. The van der Waals surface area contributed by atoms with Gasteiger partial charge >= 0.3 is 0 Å². The smallest absolute Gasteiger partial charge is 0.164 e. The summed E-state index contributed by atoms with van der Waals surface area (Å²) >= 11 is 0. The first-order valence-corrected chi connectivity index (χ1v) is 8.90. The highest BCUT2D eigenvalue weighted by atomic mass is 31.2. The van der Waals surface area contributed by atoms with E-state index in [-0.39, 0.29) is 6.79 Å². The molecule has 0 radical (unpaired) electrons. The molecule has 0 spiro atoms. The van der Waals surface area contributed by atoms with Crippen LogP contribution < -0.4 is 10.6 Å². The highest BCUT2D eigenvalue weighted by molar-refractivity contribution is 7.81. The molecule has 116 valence electrons. The minimum atomic E-state index is -2.81. The second kappa shape index (κ2) is 8.09. The summed E-state index contributed by atoms with van der Waals surface area (Å²) in [5.74, 6) is 1.84. The zero-order chi connectivity index (χ0) is 15.8. The van der Waals surface area contributed by atoms with E-state index >= 15 is 0 Å². The molecule has 0 aliphatic carbocycles. The molecule has 3 nitrogen and oxygen atoms in total. The number of rotatable bonds is 7. The predicted molar refractivity (Wildman–Crippen MR) is 91.3 cm³/mol. The minimum absolute atomic E-state index is 0.228. The van der Waals surface area contributed by atoms with Gasteiger partial charge in [0.05, 0.1) is 6.61 Å². The van der Waals surface area contributed by atoms with Crippen molar-refractivity contribution < 1.29 is 14.0 Å². The lowest BCUT2D eigenvalue weighted by Gasteiger charge is -2.17. The summed E-state index contributed by atoms with van der Waals surface area (Å²) in [5.41, 5.74) is 0.924. The fourth-order valence-electron chi connectivity index (χ4n) is 2.23. The van der Waals surface area contributed by atoms with Crippen LogP contribution in [0.25, 0.3) is 0 Å². The van der Waals surface area contributed by atoms with Crippen LogP contribution in [0, 0.1) is 0 Å². The molecule has 2 aromatic carbocycles. The largest absolute Gasteiger partial charge is 0.359 e. The van der Waals surface area contributed by atoms with Crippen LogP contribution in [0.5, 0.6) is 0 Å². The second-order valence-corrected chi connectivity index (χ2v) is 7.67. The normalized spacial score (nSPS) is 12.4.